The maximum atomic E-state index is 13.2. The van der Waals surface area contributed by atoms with E-state index in [4.69, 9.17) is 4.98 Å². The summed E-state index contributed by atoms with van der Waals surface area (Å²) in [4.78, 5) is 22.5. The minimum Gasteiger partial charge on any atom is -0.345 e. The highest BCUT2D eigenvalue weighted by Gasteiger charge is 2.27. The number of nitrogens with zero attached hydrogens (tertiary/aromatic N) is 4. The molecule has 2 heterocycles. The van der Waals surface area contributed by atoms with Gasteiger partial charge in [-0.25, -0.2) is 13.4 Å². The van der Waals surface area contributed by atoms with E-state index >= 15 is 0 Å². The van der Waals surface area contributed by atoms with Crippen molar-refractivity contribution in [2.75, 3.05) is 44.2 Å². The van der Waals surface area contributed by atoms with Crippen LogP contribution in [0.15, 0.2) is 47.4 Å². The highest BCUT2D eigenvalue weighted by atomic mass is 32.2. The molecule has 0 spiro atoms. The van der Waals surface area contributed by atoms with Crippen molar-refractivity contribution in [1.82, 2.24) is 14.2 Å². The Morgan fingerprint density at radius 2 is 1.61 bits per heavy atom. The van der Waals surface area contributed by atoms with Gasteiger partial charge < -0.3 is 9.80 Å². The number of unbranched alkanes of at least 4 members (excludes halogenated alkanes) is 2. The molecule has 0 atom stereocenters. The number of aromatic nitrogens is 1. The van der Waals surface area contributed by atoms with E-state index < -0.39 is 10.0 Å². The molecule has 1 aliphatic rings. The zero-order valence-corrected chi connectivity index (χ0v) is 24.7. The molecule has 1 aromatic heterocycles. The third kappa shape index (κ3) is 6.21. The first-order valence-corrected chi connectivity index (χ1v) is 16.1. The van der Waals surface area contributed by atoms with Crippen molar-refractivity contribution < 1.29 is 13.2 Å². The summed E-state index contributed by atoms with van der Waals surface area (Å²) in [5, 5.41) is 1.01. The molecule has 0 saturated carbocycles. The summed E-state index contributed by atoms with van der Waals surface area (Å²) >= 11 is 1.71. The smallest absolute Gasteiger partial charge is 0.253 e. The number of fused-ring (bicyclic) bond motifs is 1. The molecular weight excluding hydrogens is 516 g/mol. The molecule has 3 aromatic rings. The summed E-state index contributed by atoms with van der Waals surface area (Å²) in [6, 6.07) is 12.8. The second-order valence-corrected chi connectivity index (χ2v) is 13.2. The maximum absolute atomic E-state index is 13.2. The second kappa shape index (κ2) is 12.6. The summed E-state index contributed by atoms with van der Waals surface area (Å²) in [5.41, 5.74) is 2.87. The van der Waals surface area contributed by atoms with Crippen LogP contribution in [0.5, 0.6) is 0 Å². The van der Waals surface area contributed by atoms with Crippen molar-refractivity contribution in [3.05, 3.63) is 53.6 Å². The fourth-order valence-corrected chi connectivity index (χ4v) is 7.35. The van der Waals surface area contributed by atoms with E-state index in [1.54, 1.807) is 39.9 Å². The van der Waals surface area contributed by atoms with Gasteiger partial charge in [0.15, 0.2) is 5.13 Å². The number of piperazine rings is 1. The van der Waals surface area contributed by atoms with Crippen LogP contribution in [0.1, 0.15) is 75.2 Å². The Morgan fingerprint density at radius 3 is 2.18 bits per heavy atom. The van der Waals surface area contributed by atoms with Gasteiger partial charge in [0.05, 0.1) is 15.1 Å². The van der Waals surface area contributed by atoms with Crippen molar-refractivity contribution in [3.63, 3.8) is 0 Å². The van der Waals surface area contributed by atoms with E-state index in [9.17, 15) is 13.2 Å². The number of rotatable bonds is 11. The van der Waals surface area contributed by atoms with Crippen molar-refractivity contribution in [1.29, 1.82) is 0 Å². The Labute approximate surface area is 231 Å². The molecular formula is C29H40N4O3S2. The lowest BCUT2D eigenvalue weighted by atomic mass is 10.0. The fourth-order valence-electron chi connectivity index (χ4n) is 4.78. The normalized spacial score (nSPS) is 14.7. The van der Waals surface area contributed by atoms with Gasteiger partial charge in [-0.15, -0.1) is 0 Å². The average molecular weight is 557 g/mol. The first-order chi connectivity index (χ1) is 18.3. The lowest BCUT2D eigenvalue weighted by Crippen LogP contribution is -2.48. The van der Waals surface area contributed by atoms with Crippen LogP contribution in [0.25, 0.3) is 10.2 Å². The predicted molar refractivity (Wildman–Crippen MR) is 157 cm³/mol. The van der Waals surface area contributed by atoms with Crippen LogP contribution in [-0.4, -0.2) is 67.8 Å². The summed E-state index contributed by atoms with van der Waals surface area (Å²) < 4.78 is 29.3. The number of para-hydroxylation sites is 1. The third-order valence-corrected chi connectivity index (χ3v) is 10.2. The number of amides is 1. The standard InChI is InChI=1S/C29H40N4O3S2/c1-5-7-16-33(17-8-6-2)38(35,36)24-14-12-23(13-15-24)28(34)31-18-20-32(21-19-31)29-30-27-25(22(3)4)10-9-11-26(27)37-29/h9-15,22H,5-8,16-21H2,1-4H3. The number of sulfonamides is 1. The van der Waals surface area contributed by atoms with E-state index in [2.05, 4.69) is 50.8 Å². The number of carbonyl (C=O) groups is 1. The highest BCUT2D eigenvalue weighted by Crippen LogP contribution is 2.34. The molecule has 4 rings (SSSR count). The van der Waals surface area contributed by atoms with Crippen LogP contribution in [-0.2, 0) is 10.0 Å². The summed E-state index contributed by atoms with van der Waals surface area (Å²) in [7, 11) is -3.57. The van der Waals surface area contributed by atoms with Crippen LogP contribution >= 0.6 is 11.3 Å². The Kier molecular flexibility index (Phi) is 9.44. The molecule has 0 aliphatic carbocycles. The molecule has 1 fully saturated rings. The topological polar surface area (TPSA) is 73.8 Å². The van der Waals surface area contributed by atoms with E-state index in [-0.39, 0.29) is 10.8 Å². The number of carbonyl (C=O) groups excluding carboxylic acids is 1. The number of thiazole rings is 1. The number of hydrogen-bond donors (Lipinski definition) is 0. The molecule has 1 amide bonds. The van der Waals surface area contributed by atoms with Gasteiger partial charge in [0.1, 0.15) is 0 Å². The molecule has 9 heteroatoms. The molecule has 0 N–H and O–H groups in total. The molecule has 2 aromatic carbocycles. The second-order valence-electron chi connectivity index (χ2n) is 10.3. The third-order valence-electron chi connectivity index (χ3n) is 7.16. The Morgan fingerprint density at radius 1 is 0.974 bits per heavy atom. The average Bonchev–Trinajstić information content (AvgIpc) is 3.37. The lowest BCUT2D eigenvalue weighted by molar-refractivity contribution is 0.0746. The van der Waals surface area contributed by atoms with E-state index in [1.165, 1.54) is 10.3 Å². The quantitative estimate of drug-likeness (QED) is 0.291. The van der Waals surface area contributed by atoms with Crippen LogP contribution < -0.4 is 4.90 Å². The summed E-state index contributed by atoms with van der Waals surface area (Å²) in [6.07, 6.45) is 3.55. The predicted octanol–water partition coefficient (Wildman–Crippen LogP) is 5.97. The maximum Gasteiger partial charge on any atom is 0.253 e. The summed E-state index contributed by atoms with van der Waals surface area (Å²) in [5.74, 6) is 0.356. The molecule has 206 valence electrons. The van der Waals surface area contributed by atoms with Crippen LogP contribution in [0.3, 0.4) is 0 Å². The molecule has 1 saturated heterocycles. The first-order valence-electron chi connectivity index (χ1n) is 13.8. The molecule has 1 aliphatic heterocycles. The molecule has 38 heavy (non-hydrogen) atoms. The molecule has 0 unspecified atom stereocenters. The Bertz CT molecular complexity index is 1320. The Hall–Kier alpha value is -2.49. The van der Waals surface area contributed by atoms with Gasteiger partial charge in [0, 0.05) is 44.8 Å². The summed E-state index contributed by atoms with van der Waals surface area (Å²) in [6.45, 7) is 12.2. The van der Waals surface area contributed by atoms with Crippen molar-refractivity contribution in [2.45, 2.75) is 64.2 Å². The minimum atomic E-state index is -3.57. The Balaban J connectivity index is 1.41. The largest absolute Gasteiger partial charge is 0.345 e. The minimum absolute atomic E-state index is 0.0613. The monoisotopic (exact) mass is 556 g/mol. The van der Waals surface area contributed by atoms with Crippen LogP contribution in [0, 0.1) is 0 Å². The van der Waals surface area contributed by atoms with Gasteiger partial charge in [-0.3, -0.25) is 4.79 Å². The molecule has 7 nitrogen and oxygen atoms in total. The lowest BCUT2D eigenvalue weighted by Gasteiger charge is -2.34. The number of anilines is 1. The van der Waals surface area contributed by atoms with Crippen molar-refractivity contribution in [2.24, 2.45) is 0 Å². The molecule has 0 radical (unpaired) electrons. The fraction of sp³-hybridized carbons (Fsp3) is 0.517. The number of benzene rings is 2. The zero-order valence-electron chi connectivity index (χ0n) is 23.0. The van der Waals surface area contributed by atoms with E-state index in [0.717, 1.165) is 49.4 Å². The van der Waals surface area contributed by atoms with Gasteiger partial charge >= 0.3 is 0 Å². The van der Waals surface area contributed by atoms with Gasteiger partial charge in [-0.1, -0.05) is 64.0 Å². The molecule has 0 bridgehead atoms. The highest BCUT2D eigenvalue weighted by molar-refractivity contribution is 7.89. The van der Waals surface area contributed by atoms with E-state index in [0.29, 0.717) is 37.7 Å². The van der Waals surface area contributed by atoms with Crippen LogP contribution in [0.2, 0.25) is 0 Å². The SMILES string of the molecule is CCCCN(CCCC)S(=O)(=O)c1ccc(C(=O)N2CCN(c3nc4c(C(C)C)cccc4s3)CC2)cc1. The van der Waals surface area contributed by atoms with Crippen molar-refractivity contribution >= 4 is 42.6 Å². The van der Waals surface area contributed by atoms with Gasteiger partial charge in [-0.2, -0.15) is 4.31 Å². The van der Waals surface area contributed by atoms with Crippen LogP contribution in [0.4, 0.5) is 5.13 Å². The van der Waals surface area contributed by atoms with E-state index in [1.807, 2.05) is 4.90 Å². The van der Waals surface area contributed by atoms with Gasteiger partial charge in [-0.05, 0) is 54.7 Å². The van der Waals surface area contributed by atoms with Gasteiger partial charge in [0.25, 0.3) is 5.91 Å². The number of hydrogen-bond acceptors (Lipinski definition) is 6. The zero-order chi connectivity index (χ0) is 27.3. The van der Waals surface area contributed by atoms with Gasteiger partial charge in [0.2, 0.25) is 10.0 Å². The van der Waals surface area contributed by atoms with Crippen molar-refractivity contribution in [3.8, 4) is 0 Å². The first kappa shape index (κ1) is 28.5.